The highest BCUT2D eigenvalue weighted by atomic mass is 32.2. The molecular formula is C19H20F2N2O2S. The fourth-order valence-electron chi connectivity index (χ4n) is 2.38. The second-order valence-corrected chi connectivity index (χ2v) is 6.91. The standard InChI is InChI=1S/C19H20F2N2O2S/c1-3-22-19(25)13-6-4-7-14(10-13)23-17(24)11-26-12(2)18-15(20)8-5-9-16(18)21/h4-10,12H,3,11H2,1-2H3,(H,22,25)(H,23,24). The molecule has 0 heterocycles. The second kappa shape index (κ2) is 9.33. The zero-order valence-corrected chi connectivity index (χ0v) is 15.3. The van der Waals surface area contributed by atoms with Crippen LogP contribution in [-0.2, 0) is 4.79 Å². The molecule has 1 atom stereocenters. The lowest BCUT2D eigenvalue weighted by Gasteiger charge is -2.13. The molecule has 2 N–H and O–H groups in total. The first-order valence-electron chi connectivity index (χ1n) is 8.16. The van der Waals surface area contributed by atoms with Gasteiger partial charge in [-0.05, 0) is 44.2 Å². The normalized spacial score (nSPS) is 11.7. The minimum atomic E-state index is -0.625. The largest absolute Gasteiger partial charge is 0.352 e. The Labute approximate surface area is 155 Å². The molecule has 2 aromatic rings. The maximum absolute atomic E-state index is 13.8. The Morgan fingerprint density at radius 1 is 1.12 bits per heavy atom. The van der Waals surface area contributed by atoms with E-state index in [0.29, 0.717) is 17.8 Å². The molecule has 0 aliphatic heterocycles. The molecule has 26 heavy (non-hydrogen) atoms. The molecule has 0 saturated heterocycles. The van der Waals surface area contributed by atoms with Crippen LogP contribution in [0.15, 0.2) is 42.5 Å². The van der Waals surface area contributed by atoms with E-state index in [9.17, 15) is 18.4 Å². The SMILES string of the molecule is CCNC(=O)c1cccc(NC(=O)CSC(C)c2c(F)cccc2F)c1. The summed E-state index contributed by atoms with van der Waals surface area (Å²) in [6.07, 6.45) is 0. The fraction of sp³-hybridized carbons (Fsp3) is 0.263. The van der Waals surface area contributed by atoms with Crippen LogP contribution in [0.5, 0.6) is 0 Å². The van der Waals surface area contributed by atoms with Crippen LogP contribution in [0.4, 0.5) is 14.5 Å². The smallest absolute Gasteiger partial charge is 0.251 e. The van der Waals surface area contributed by atoms with E-state index < -0.39 is 16.9 Å². The van der Waals surface area contributed by atoms with Crippen molar-refractivity contribution < 1.29 is 18.4 Å². The lowest BCUT2D eigenvalue weighted by Crippen LogP contribution is -2.23. The van der Waals surface area contributed by atoms with Gasteiger partial charge in [-0.2, -0.15) is 0 Å². The van der Waals surface area contributed by atoms with E-state index in [0.717, 1.165) is 11.8 Å². The number of hydrogen-bond acceptors (Lipinski definition) is 3. The second-order valence-electron chi connectivity index (χ2n) is 5.58. The summed E-state index contributed by atoms with van der Waals surface area (Å²) < 4.78 is 27.5. The number of nitrogens with one attached hydrogen (secondary N) is 2. The van der Waals surface area contributed by atoms with Crippen LogP contribution in [0, 0.1) is 11.6 Å². The van der Waals surface area contributed by atoms with Gasteiger partial charge in [-0.3, -0.25) is 9.59 Å². The molecule has 2 aromatic carbocycles. The van der Waals surface area contributed by atoms with E-state index in [1.54, 1.807) is 31.2 Å². The van der Waals surface area contributed by atoms with Crippen LogP contribution in [-0.4, -0.2) is 24.1 Å². The molecule has 0 aliphatic rings. The van der Waals surface area contributed by atoms with Crippen molar-refractivity contribution in [3.8, 4) is 0 Å². The third-order valence-corrected chi connectivity index (χ3v) is 4.78. The van der Waals surface area contributed by atoms with Crippen molar-refractivity contribution in [3.05, 3.63) is 65.2 Å². The highest BCUT2D eigenvalue weighted by Gasteiger charge is 2.17. The molecule has 0 aliphatic carbocycles. The van der Waals surface area contributed by atoms with E-state index in [2.05, 4.69) is 10.6 Å². The monoisotopic (exact) mass is 378 g/mol. The van der Waals surface area contributed by atoms with Crippen LogP contribution in [0.3, 0.4) is 0 Å². The molecule has 0 aromatic heterocycles. The third-order valence-electron chi connectivity index (χ3n) is 3.62. The van der Waals surface area contributed by atoms with Crippen LogP contribution in [0.25, 0.3) is 0 Å². The van der Waals surface area contributed by atoms with Gasteiger partial charge in [0.05, 0.1) is 5.75 Å². The quantitative estimate of drug-likeness (QED) is 0.761. The molecule has 0 spiro atoms. The summed E-state index contributed by atoms with van der Waals surface area (Å²) in [6.45, 7) is 3.98. The summed E-state index contributed by atoms with van der Waals surface area (Å²) >= 11 is 1.13. The molecule has 7 heteroatoms. The molecule has 2 amide bonds. The van der Waals surface area contributed by atoms with Crippen molar-refractivity contribution in [1.82, 2.24) is 5.32 Å². The molecular weight excluding hydrogens is 358 g/mol. The molecule has 4 nitrogen and oxygen atoms in total. The Bertz CT molecular complexity index is 779. The summed E-state index contributed by atoms with van der Waals surface area (Å²) in [5.41, 5.74) is 0.895. The Morgan fingerprint density at radius 3 is 2.42 bits per heavy atom. The summed E-state index contributed by atoms with van der Waals surface area (Å²) in [5.74, 6) is -1.76. The molecule has 1 unspecified atom stereocenters. The van der Waals surface area contributed by atoms with Crippen LogP contribution in [0.1, 0.15) is 35.0 Å². The number of halogens is 2. The van der Waals surface area contributed by atoms with Gasteiger partial charge in [0.1, 0.15) is 11.6 Å². The molecule has 0 saturated carbocycles. The van der Waals surface area contributed by atoms with Crippen molar-refractivity contribution >= 4 is 29.3 Å². The average molecular weight is 378 g/mol. The number of hydrogen-bond donors (Lipinski definition) is 2. The van der Waals surface area contributed by atoms with Gasteiger partial charge in [0, 0.05) is 28.6 Å². The molecule has 0 bridgehead atoms. The van der Waals surface area contributed by atoms with E-state index in [4.69, 9.17) is 0 Å². The first kappa shape index (κ1) is 19.9. The summed E-state index contributed by atoms with van der Waals surface area (Å²) in [6, 6.07) is 10.3. The van der Waals surface area contributed by atoms with Crippen molar-refractivity contribution in [2.75, 3.05) is 17.6 Å². The number of benzene rings is 2. The van der Waals surface area contributed by atoms with Crippen LogP contribution in [0.2, 0.25) is 0 Å². The lowest BCUT2D eigenvalue weighted by molar-refractivity contribution is -0.113. The number of carbonyl (C=O) groups is 2. The number of thioether (sulfide) groups is 1. The van der Waals surface area contributed by atoms with E-state index in [1.807, 2.05) is 6.92 Å². The van der Waals surface area contributed by atoms with Crippen molar-refractivity contribution in [2.24, 2.45) is 0 Å². The van der Waals surface area contributed by atoms with Gasteiger partial charge in [0.25, 0.3) is 5.91 Å². The molecule has 138 valence electrons. The predicted molar refractivity (Wildman–Crippen MR) is 100 cm³/mol. The highest BCUT2D eigenvalue weighted by Crippen LogP contribution is 2.31. The van der Waals surface area contributed by atoms with Crippen LogP contribution >= 0.6 is 11.8 Å². The summed E-state index contributed by atoms with van der Waals surface area (Å²) in [4.78, 5) is 23.9. The Hall–Kier alpha value is -2.41. The van der Waals surface area contributed by atoms with Crippen molar-refractivity contribution in [1.29, 1.82) is 0 Å². The zero-order chi connectivity index (χ0) is 19.1. The van der Waals surface area contributed by atoms with Crippen molar-refractivity contribution in [2.45, 2.75) is 19.1 Å². The maximum atomic E-state index is 13.8. The highest BCUT2D eigenvalue weighted by molar-refractivity contribution is 8.00. The van der Waals surface area contributed by atoms with E-state index in [1.165, 1.54) is 18.2 Å². The average Bonchev–Trinajstić information content (AvgIpc) is 2.60. The van der Waals surface area contributed by atoms with Crippen molar-refractivity contribution in [3.63, 3.8) is 0 Å². The third kappa shape index (κ3) is 5.29. The predicted octanol–water partition coefficient (Wildman–Crippen LogP) is 4.15. The first-order valence-corrected chi connectivity index (χ1v) is 9.20. The zero-order valence-electron chi connectivity index (χ0n) is 14.5. The Balaban J connectivity index is 1.95. The molecule has 2 rings (SSSR count). The Morgan fingerprint density at radius 2 is 1.77 bits per heavy atom. The minimum Gasteiger partial charge on any atom is -0.352 e. The van der Waals surface area contributed by atoms with Gasteiger partial charge >= 0.3 is 0 Å². The topological polar surface area (TPSA) is 58.2 Å². The van der Waals surface area contributed by atoms with Gasteiger partial charge in [-0.25, -0.2) is 8.78 Å². The molecule has 0 radical (unpaired) electrons. The summed E-state index contributed by atoms with van der Waals surface area (Å²) in [5, 5.41) is 4.86. The number of amides is 2. The maximum Gasteiger partial charge on any atom is 0.251 e. The fourth-order valence-corrected chi connectivity index (χ4v) is 3.25. The van der Waals surface area contributed by atoms with E-state index in [-0.39, 0.29) is 23.1 Å². The Kier molecular flexibility index (Phi) is 7.15. The van der Waals surface area contributed by atoms with Gasteiger partial charge in [-0.1, -0.05) is 12.1 Å². The van der Waals surface area contributed by atoms with Gasteiger partial charge < -0.3 is 10.6 Å². The number of carbonyl (C=O) groups excluding carboxylic acids is 2. The lowest BCUT2D eigenvalue weighted by atomic mass is 10.1. The summed E-state index contributed by atoms with van der Waals surface area (Å²) in [7, 11) is 0. The minimum absolute atomic E-state index is 0.0281. The van der Waals surface area contributed by atoms with Crippen LogP contribution < -0.4 is 10.6 Å². The first-order chi connectivity index (χ1) is 12.4. The number of anilines is 1. The number of rotatable bonds is 7. The van der Waals surface area contributed by atoms with E-state index >= 15 is 0 Å². The van der Waals surface area contributed by atoms with Gasteiger partial charge in [0.15, 0.2) is 0 Å². The van der Waals surface area contributed by atoms with Gasteiger partial charge in [0.2, 0.25) is 5.91 Å². The molecule has 0 fully saturated rings. The van der Waals surface area contributed by atoms with Gasteiger partial charge in [-0.15, -0.1) is 11.8 Å².